The lowest BCUT2D eigenvalue weighted by Gasteiger charge is -2.34. The van der Waals surface area contributed by atoms with Crippen molar-refractivity contribution in [2.45, 2.75) is 75.8 Å². The molecule has 4 aliphatic rings. The summed E-state index contributed by atoms with van der Waals surface area (Å²) in [6.45, 7) is 8.63. The zero-order chi connectivity index (χ0) is 43.5. The Hall–Kier alpha value is -5.27. The Kier molecular flexibility index (Phi) is 15.1. The molecule has 2 fully saturated rings. The lowest BCUT2D eigenvalue weighted by Crippen LogP contribution is -2.52. The minimum absolute atomic E-state index is 0.206. The highest BCUT2D eigenvalue weighted by Gasteiger charge is 2.41. The quantitative estimate of drug-likeness (QED) is 0.0801. The standard InChI is InChI=1S/C51H62N4O8/c1-60-30-31-61-32-33-63-49-38(12-18-44-45(49)35-55(51(44)59)46-20-21-47(57)52-50(46)58)22-26-54-25-7-24-53(27-28-54)23-5-6-29-62-41-15-10-37(11-16-41)48-42(36-8-3-2-4-9-36)17-13-39-34-40(56)14-19-43(39)48/h2-4,8-12,14-16,18-19,34,42,46,48,56H,5-7,13,17,20-33,35H2,1H3,(H,52,57,58)/t42-,46-,48+/m0/s1. The first kappa shape index (κ1) is 44.3. The van der Waals surface area contributed by atoms with E-state index in [1.807, 2.05) is 24.3 Å². The first-order valence-electron chi connectivity index (χ1n) is 22.9. The Morgan fingerprint density at radius 3 is 2.33 bits per heavy atom. The van der Waals surface area contributed by atoms with Gasteiger partial charge in [0.2, 0.25) is 11.8 Å². The summed E-state index contributed by atoms with van der Waals surface area (Å²) in [6.07, 6.45) is 6.45. The number of aromatic hydroxyl groups is 1. The van der Waals surface area contributed by atoms with Gasteiger partial charge < -0.3 is 38.8 Å². The number of aryl methyl sites for hydroxylation is 1. The molecule has 2 saturated heterocycles. The summed E-state index contributed by atoms with van der Waals surface area (Å²) in [5.74, 6) is 1.59. The molecular weight excluding hydrogens is 797 g/mol. The number of piperidine rings is 1. The first-order valence-corrected chi connectivity index (χ1v) is 22.9. The molecule has 0 bridgehead atoms. The molecule has 4 aromatic rings. The van der Waals surface area contributed by atoms with E-state index in [0.29, 0.717) is 62.4 Å². The number of ether oxygens (including phenoxy) is 4. The molecule has 0 saturated carbocycles. The van der Waals surface area contributed by atoms with E-state index in [-0.39, 0.29) is 30.7 Å². The second-order valence-corrected chi connectivity index (χ2v) is 17.3. The van der Waals surface area contributed by atoms with Crippen molar-refractivity contribution in [1.29, 1.82) is 0 Å². The fraction of sp³-hybridized carbons (Fsp3) is 0.471. The second kappa shape index (κ2) is 21.4. The van der Waals surface area contributed by atoms with Crippen LogP contribution >= 0.6 is 0 Å². The molecule has 334 valence electrons. The number of rotatable bonds is 19. The molecule has 0 unspecified atom stereocenters. The van der Waals surface area contributed by atoms with E-state index in [2.05, 4.69) is 75.8 Å². The van der Waals surface area contributed by atoms with Crippen LogP contribution in [0.3, 0.4) is 0 Å². The molecular formula is C51H62N4O8. The number of hydrogen-bond acceptors (Lipinski definition) is 10. The van der Waals surface area contributed by atoms with Crippen LogP contribution in [-0.4, -0.2) is 123 Å². The molecule has 3 aliphatic heterocycles. The van der Waals surface area contributed by atoms with Crippen LogP contribution < -0.4 is 14.8 Å². The van der Waals surface area contributed by atoms with Crippen LogP contribution in [0.2, 0.25) is 0 Å². The van der Waals surface area contributed by atoms with Gasteiger partial charge in [-0.15, -0.1) is 0 Å². The van der Waals surface area contributed by atoms with Crippen LogP contribution in [0, 0.1) is 0 Å². The van der Waals surface area contributed by atoms with E-state index in [0.717, 1.165) is 94.7 Å². The van der Waals surface area contributed by atoms with Gasteiger partial charge in [-0.1, -0.05) is 54.6 Å². The van der Waals surface area contributed by atoms with Crippen molar-refractivity contribution < 1.29 is 38.4 Å². The van der Waals surface area contributed by atoms with E-state index in [9.17, 15) is 19.5 Å². The number of unbranched alkanes of at least 4 members (excludes halogenated alkanes) is 1. The van der Waals surface area contributed by atoms with E-state index >= 15 is 0 Å². The molecule has 0 spiro atoms. The molecule has 2 N–H and O–H groups in total. The molecule has 3 atom stereocenters. The minimum Gasteiger partial charge on any atom is -0.508 e. The number of imide groups is 1. The molecule has 8 rings (SSSR count). The Labute approximate surface area is 371 Å². The summed E-state index contributed by atoms with van der Waals surface area (Å²) in [5.41, 5.74) is 7.55. The number of methoxy groups -OCH3 is 1. The summed E-state index contributed by atoms with van der Waals surface area (Å²) < 4.78 is 23.4. The third-order valence-corrected chi connectivity index (χ3v) is 13.2. The van der Waals surface area contributed by atoms with Crippen LogP contribution in [0.15, 0.2) is 84.9 Å². The summed E-state index contributed by atoms with van der Waals surface area (Å²) >= 11 is 0. The highest BCUT2D eigenvalue weighted by atomic mass is 16.5. The van der Waals surface area contributed by atoms with Gasteiger partial charge in [0.1, 0.15) is 29.9 Å². The van der Waals surface area contributed by atoms with Gasteiger partial charge in [-0.25, -0.2) is 0 Å². The van der Waals surface area contributed by atoms with Crippen molar-refractivity contribution in [3.05, 3.63) is 124 Å². The molecule has 3 heterocycles. The van der Waals surface area contributed by atoms with Crippen molar-refractivity contribution >= 4 is 17.7 Å². The molecule has 1 aliphatic carbocycles. The topological polar surface area (TPSA) is 130 Å². The number of hydrogen-bond donors (Lipinski definition) is 2. The highest BCUT2D eigenvalue weighted by Crippen LogP contribution is 2.47. The SMILES string of the molecule is COCCOCCOc1c(CCN2CCCN(CCCCOc3ccc([C@H]4c5ccc(O)cc5CC[C@H]4c4ccccc4)cc3)CC2)ccc2c1CN([C@H]1CCC(=O)NC1=O)C2=O. The summed E-state index contributed by atoms with van der Waals surface area (Å²) in [7, 11) is 1.64. The van der Waals surface area contributed by atoms with E-state index in [1.165, 1.54) is 22.3 Å². The lowest BCUT2D eigenvalue weighted by atomic mass is 9.69. The highest BCUT2D eigenvalue weighted by molar-refractivity contribution is 6.05. The van der Waals surface area contributed by atoms with Crippen molar-refractivity contribution in [2.75, 3.05) is 79.4 Å². The number of fused-ring (bicyclic) bond motifs is 2. The van der Waals surface area contributed by atoms with Gasteiger partial charge in [0.25, 0.3) is 5.91 Å². The predicted octanol–water partition coefficient (Wildman–Crippen LogP) is 6.47. The van der Waals surface area contributed by atoms with E-state index in [1.54, 1.807) is 12.0 Å². The smallest absolute Gasteiger partial charge is 0.255 e. The predicted molar refractivity (Wildman–Crippen MR) is 241 cm³/mol. The Bertz CT molecular complexity index is 2180. The maximum absolute atomic E-state index is 13.6. The summed E-state index contributed by atoms with van der Waals surface area (Å²) in [5, 5.41) is 12.6. The van der Waals surface area contributed by atoms with E-state index < -0.39 is 11.9 Å². The lowest BCUT2D eigenvalue weighted by molar-refractivity contribution is -0.136. The maximum atomic E-state index is 13.6. The zero-order valence-electron chi connectivity index (χ0n) is 36.6. The number of nitrogens with zero attached hydrogens (tertiary/aromatic N) is 3. The van der Waals surface area contributed by atoms with Crippen LogP contribution in [0.5, 0.6) is 17.2 Å². The Morgan fingerprint density at radius 2 is 1.54 bits per heavy atom. The fourth-order valence-electron chi connectivity index (χ4n) is 9.91. The number of benzene rings is 4. The normalized spacial score (nSPS) is 20.6. The Balaban J connectivity index is 0.806. The summed E-state index contributed by atoms with van der Waals surface area (Å²) in [6, 6.07) is 28.5. The first-order chi connectivity index (χ1) is 30.9. The Morgan fingerprint density at radius 1 is 0.746 bits per heavy atom. The van der Waals surface area contributed by atoms with Gasteiger partial charge in [0, 0.05) is 50.2 Å². The third-order valence-electron chi connectivity index (χ3n) is 13.2. The number of carbonyl (C=O) groups excluding carboxylic acids is 3. The molecule has 4 aromatic carbocycles. The zero-order valence-corrected chi connectivity index (χ0v) is 36.6. The average Bonchev–Trinajstić information content (AvgIpc) is 3.46. The molecule has 12 heteroatoms. The molecule has 12 nitrogen and oxygen atoms in total. The van der Waals surface area contributed by atoms with Gasteiger partial charge in [-0.3, -0.25) is 19.7 Å². The summed E-state index contributed by atoms with van der Waals surface area (Å²) in [4.78, 5) is 44.8. The molecule has 0 radical (unpaired) electrons. The molecule has 63 heavy (non-hydrogen) atoms. The van der Waals surface area contributed by atoms with Crippen molar-refractivity contribution in [3.63, 3.8) is 0 Å². The number of phenols is 1. The van der Waals surface area contributed by atoms with Gasteiger partial charge in [0.15, 0.2) is 0 Å². The van der Waals surface area contributed by atoms with Crippen LogP contribution in [0.1, 0.15) is 94.1 Å². The fourth-order valence-corrected chi connectivity index (χ4v) is 9.91. The molecule has 0 aromatic heterocycles. The maximum Gasteiger partial charge on any atom is 0.255 e. The number of amides is 3. The monoisotopic (exact) mass is 858 g/mol. The minimum atomic E-state index is -0.681. The van der Waals surface area contributed by atoms with Gasteiger partial charge >= 0.3 is 0 Å². The van der Waals surface area contributed by atoms with Crippen molar-refractivity contribution in [1.82, 2.24) is 20.0 Å². The molecule has 3 amide bonds. The van der Waals surface area contributed by atoms with Crippen molar-refractivity contribution in [2.24, 2.45) is 0 Å². The number of nitrogens with one attached hydrogen (secondary N) is 1. The van der Waals surface area contributed by atoms with Crippen LogP contribution in [-0.2, 0) is 38.4 Å². The third kappa shape index (κ3) is 10.9. The number of phenolic OH excluding ortho intramolecular Hbond substituents is 1. The number of carbonyl (C=O) groups is 3. The van der Waals surface area contributed by atoms with Gasteiger partial charge in [-0.2, -0.15) is 0 Å². The second-order valence-electron chi connectivity index (χ2n) is 17.3. The van der Waals surface area contributed by atoms with E-state index in [4.69, 9.17) is 18.9 Å². The van der Waals surface area contributed by atoms with Gasteiger partial charge in [-0.05, 0) is 129 Å². The largest absolute Gasteiger partial charge is 0.508 e. The average molecular weight is 859 g/mol. The van der Waals surface area contributed by atoms with Crippen LogP contribution in [0.4, 0.5) is 0 Å². The van der Waals surface area contributed by atoms with Gasteiger partial charge in [0.05, 0.1) is 33.0 Å². The van der Waals surface area contributed by atoms with Crippen molar-refractivity contribution in [3.8, 4) is 17.2 Å². The van der Waals surface area contributed by atoms with Crippen LogP contribution in [0.25, 0.3) is 0 Å².